The van der Waals surface area contributed by atoms with Crippen LogP contribution in [-0.4, -0.2) is 18.1 Å². The highest BCUT2D eigenvalue weighted by Gasteiger charge is 2.48. The minimum absolute atomic E-state index is 0.0549. The number of halogens is 4. The summed E-state index contributed by atoms with van der Waals surface area (Å²) in [6.45, 7) is 0. The lowest BCUT2D eigenvalue weighted by atomic mass is 9.86. The van der Waals surface area contributed by atoms with Gasteiger partial charge < -0.3 is 15.2 Å². The first-order valence-corrected chi connectivity index (χ1v) is 7.15. The van der Waals surface area contributed by atoms with Gasteiger partial charge in [-0.3, -0.25) is 4.79 Å². The Morgan fingerprint density at radius 3 is 2.54 bits per heavy atom. The van der Waals surface area contributed by atoms with Gasteiger partial charge in [0.1, 0.15) is 5.75 Å². The number of ether oxygens (including phenoxy) is 1. The highest BCUT2D eigenvalue weighted by atomic mass is 35.5. The number of aliphatic hydroxyl groups is 1. The molecule has 24 heavy (non-hydrogen) atoms. The highest BCUT2D eigenvalue weighted by molar-refractivity contribution is 6.32. The van der Waals surface area contributed by atoms with E-state index in [-0.39, 0.29) is 27.6 Å². The smallest absolute Gasteiger partial charge is 0.416 e. The molecule has 0 bridgehead atoms. The van der Waals surface area contributed by atoms with Gasteiger partial charge >= 0.3 is 6.18 Å². The molecule has 0 spiro atoms. The summed E-state index contributed by atoms with van der Waals surface area (Å²) in [5.74, 6) is -0.656. The fourth-order valence-corrected chi connectivity index (χ4v) is 2.83. The molecule has 1 atom stereocenters. The third-order valence-electron chi connectivity index (χ3n) is 3.88. The minimum atomic E-state index is -4.60. The van der Waals surface area contributed by atoms with Gasteiger partial charge in [0.25, 0.3) is 5.91 Å². The number of carbonyl (C=O) groups excluding carboxylic acids is 1. The van der Waals surface area contributed by atoms with Crippen molar-refractivity contribution in [2.75, 3.05) is 12.4 Å². The van der Waals surface area contributed by atoms with Crippen LogP contribution in [0.4, 0.5) is 18.9 Å². The van der Waals surface area contributed by atoms with Crippen LogP contribution in [0.1, 0.15) is 16.7 Å². The quantitative estimate of drug-likeness (QED) is 0.864. The van der Waals surface area contributed by atoms with E-state index in [2.05, 4.69) is 5.32 Å². The van der Waals surface area contributed by atoms with Crippen molar-refractivity contribution in [2.45, 2.75) is 11.8 Å². The van der Waals surface area contributed by atoms with Crippen molar-refractivity contribution in [3.8, 4) is 5.75 Å². The number of anilines is 1. The Balaban J connectivity index is 2.20. The van der Waals surface area contributed by atoms with Crippen LogP contribution in [0.2, 0.25) is 5.02 Å². The number of hydrogen-bond acceptors (Lipinski definition) is 3. The number of alkyl halides is 3. The lowest BCUT2D eigenvalue weighted by Gasteiger charge is -2.23. The number of fused-ring (bicyclic) bond motifs is 1. The Kier molecular flexibility index (Phi) is 3.73. The molecule has 2 aromatic rings. The second-order valence-electron chi connectivity index (χ2n) is 5.27. The second kappa shape index (κ2) is 5.39. The summed E-state index contributed by atoms with van der Waals surface area (Å²) in [6, 6.07) is 6.78. The lowest BCUT2D eigenvalue weighted by Crippen LogP contribution is -2.35. The molecule has 1 heterocycles. The van der Waals surface area contributed by atoms with Crippen LogP contribution in [-0.2, 0) is 16.6 Å². The Morgan fingerprint density at radius 2 is 1.92 bits per heavy atom. The summed E-state index contributed by atoms with van der Waals surface area (Å²) < 4.78 is 43.9. The maximum Gasteiger partial charge on any atom is 0.416 e. The molecule has 1 aliphatic heterocycles. The van der Waals surface area contributed by atoms with Gasteiger partial charge in [-0.1, -0.05) is 17.7 Å². The Hall–Kier alpha value is -2.25. The summed E-state index contributed by atoms with van der Waals surface area (Å²) in [6.07, 6.45) is -4.60. The average molecular weight is 358 g/mol. The number of hydrogen-bond donors (Lipinski definition) is 2. The minimum Gasteiger partial charge on any atom is -0.495 e. The highest BCUT2D eigenvalue weighted by Crippen LogP contribution is 2.44. The first kappa shape index (κ1) is 16.6. The second-order valence-corrected chi connectivity index (χ2v) is 5.68. The molecule has 4 nitrogen and oxygen atoms in total. The predicted molar refractivity (Wildman–Crippen MR) is 81.1 cm³/mol. The molecule has 126 valence electrons. The van der Waals surface area contributed by atoms with Crippen LogP contribution < -0.4 is 10.1 Å². The Morgan fingerprint density at radius 1 is 1.21 bits per heavy atom. The van der Waals surface area contributed by atoms with Gasteiger partial charge in [-0.2, -0.15) is 13.2 Å². The summed E-state index contributed by atoms with van der Waals surface area (Å²) in [5.41, 5.74) is -3.23. The van der Waals surface area contributed by atoms with Gasteiger partial charge in [0.05, 0.1) is 17.7 Å². The third-order valence-corrected chi connectivity index (χ3v) is 4.19. The number of carbonyl (C=O) groups is 1. The maximum absolute atomic E-state index is 13.0. The fourth-order valence-electron chi connectivity index (χ4n) is 2.64. The lowest BCUT2D eigenvalue weighted by molar-refractivity contribution is -0.138. The van der Waals surface area contributed by atoms with Crippen LogP contribution in [0.3, 0.4) is 0 Å². The van der Waals surface area contributed by atoms with E-state index in [4.69, 9.17) is 16.3 Å². The van der Waals surface area contributed by atoms with E-state index < -0.39 is 23.2 Å². The molecule has 1 unspecified atom stereocenters. The van der Waals surface area contributed by atoms with Crippen molar-refractivity contribution in [3.05, 3.63) is 58.1 Å². The van der Waals surface area contributed by atoms with E-state index in [0.717, 1.165) is 18.2 Å². The van der Waals surface area contributed by atoms with E-state index in [1.54, 1.807) is 0 Å². The number of amides is 1. The van der Waals surface area contributed by atoms with Crippen LogP contribution in [0.15, 0.2) is 36.4 Å². The zero-order chi connectivity index (χ0) is 17.7. The Labute approximate surface area is 139 Å². The van der Waals surface area contributed by atoms with E-state index in [0.29, 0.717) is 0 Å². The largest absolute Gasteiger partial charge is 0.495 e. The van der Waals surface area contributed by atoms with Crippen LogP contribution >= 0.6 is 11.6 Å². The zero-order valence-corrected chi connectivity index (χ0v) is 13.0. The van der Waals surface area contributed by atoms with Gasteiger partial charge in [-0.25, -0.2) is 0 Å². The van der Waals surface area contributed by atoms with Gasteiger partial charge in [-0.15, -0.1) is 0 Å². The van der Waals surface area contributed by atoms with E-state index in [9.17, 15) is 23.1 Å². The molecule has 1 aliphatic rings. The average Bonchev–Trinajstić information content (AvgIpc) is 2.78. The molecule has 2 N–H and O–H groups in total. The molecule has 0 aromatic heterocycles. The van der Waals surface area contributed by atoms with Crippen molar-refractivity contribution in [3.63, 3.8) is 0 Å². The molecule has 0 saturated carbocycles. The van der Waals surface area contributed by atoms with Crippen LogP contribution in [0.25, 0.3) is 0 Å². The molecule has 0 aliphatic carbocycles. The van der Waals surface area contributed by atoms with Gasteiger partial charge in [0.15, 0.2) is 5.60 Å². The van der Waals surface area contributed by atoms with E-state index in [1.165, 1.54) is 25.3 Å². The van der Waals surface area contributed by atoms with E-state index >= 15 is 0 Å². The normalized spacial score (nSPS) is 19.8. The molecule has 1 amide bonds. The van der Waals surface area contributed by atoms with Crippen molar-refractivity contribution in [1.29, 1.82) is 0 Å². The monoisotopic (exact) mass is 357 g/mol. The molecule has 3 rings (SSSR count). The number of nitrogens with one attached hydrogen (secondary N) is 1. The zero-order valence-electron chi connectivity index (χ0n) is 12.2. The first-order valence-electron chi connectivity index (χ1n) is 6.77. The first-order chi connectivity index (χ1) is 11.2. The molecular formula is C16H11ClF3NO3. The Bertz CT molecular complexity index is 838. The summed E-state index contributed by atoms with van der Waals surface area (Å²) in [7, 11) is 1.35. The van der Waals surface area contributed by atoms with Crippen molar-refractivity contribution < 1.29 is 27.8 Å². The SMILES string of the molecule is COc1cc(C2(O)C(=O)Nc3ccc(C(F)(F)F)cc32)ccc1Cl. The molecule has 8 heteroatoms. The molecule has 0 fully saturated rings. The summed E-state index contributed by atoms with van der Waals surface area (Å²) in [5, 5.41) is 13.5. The third kappa shape index (κ3) is 2.40. The van der Waals surface area contributed by atoms with Crippen molar-refractivity contribution >= 4 is 23.2 Å². The van der Waals surface area contributed by atoms with Gasteiger partial charge in [0.2, 0.25) is 0 Å². The molecular weight excluding hydrogens is 347 g/mol. The number of methoxy groups -OCH3 is 1. The predicted octanol–water partition coefficient (Wildman–Crippen LogP) is 3.56. The van der Waals surface area contributed by atoms with Gasteiger partial charge in [-0.05, 0) is 30.3 Å². The fraction of sp³-hybridized carbons (Fsp3) is 0.188. The van der Waals surface area contributed by atoms with Crippen molar-refractivity contribution in [2.24, 2.45) is 0 Å². The molecule has 2 aromatic carbocycles. The number of benzene rings is 2. The van der Waals surface area contributed by atoms with Crippen LogP contribution in [0, 0.1) is 0 Å². The molecule has 0 saturated heterocycles. The van der Waals surface area contributed by atoms with Gasteiger partial charge in [0, 0.05) is 16.8 Å². The topological polar surface area (TPSA) is 58.6 Å². The standard InChI is InChI=1S/C16H11ClF3NO3/c1-24-13-7-8(2-4-11(13)17)15(23)10-6-9(16(18,19)20)3-5-12(10)21-14(15)22/h2-7,23H,1H3,(H,21,22). The summed E-state index contributed by atoms with van der Waals surface area (Å²) in [4.78, 5) is 12.3. The summed E-state index contributed by atoms with van der Waals surface area (Å²) >= 11 is 5.91. The van der Waals surface area contributed by atoms with E-state index in [1.807, 2.05) is 0 Å². The van der Waals surface area contributed by atoms with Crippen LogP contribution in [0.5, 0.6) is 5.75 Å². The number of rotatable bonds is 2. The van der Waals surface area contributed by atoms with Crippen molar-refractivity contribution in [1.82, 2.24) is 0 Å². The molecule has 0 radical (unpaired) electrons. The maximum atomic E-state index is 13.0.